The van der Waals surface area contributed by atoms with Crippen molar-refractivity contribution >= 4 is 11.8 Å². The lowest BCUT2D eigenvalue weighted by atomic mass is 9.89. The van der Waals surface area contributed by atoms with Gasteiger partial charge >= 0.3 is 0 Å². The summed E-state index contributed by atoms with van der Waals surface area (Å²) < 4.78 is 7.79. The van der Waals surface area contributed by atoms with Gasteiger partial charge in [0, 0.05) is 5.75 Å². The summed E-state index contributed by atoms with van der Waals surface area (Å²) in [6.07, 6.45) is 2.72. The molecule has 2 atom stereocenters. The molecular weight excluding hydrogens is 384 g/mol. The van der Waals surface area contributed by atoms with Crippen LogP contribution >= 0.6 is 11.8 Å². The van der Waals surface area contributed by atoms with Crippen LogP contribution in [0.2, 0.25) is 0 Å². The van der Waals surface area contributed by atoms with Crippen LogP contribution < -0.4 is 0 Å². The van der Waals surface area contributed by atoms with E-state index >= 15 is 0 Å². The van der Waals surface area contributed by atoms with Crippen molar-refractivity contribution in [3.63, 3.8) is 0 Å². The van der Waals surface area contributed by atoms with Crippen LogP contribution in [0.15, 0.2) is 47.6 Å². The molecule has 152 valence electrons. The molecule has 0 bridgehead atoms. The first-order chi connectivity index (χ1) is 14.1. The predicted molar refractivity (Wildman–Crippen MR) is 113 cm³/mol. The number of fused-ring (bicyclic) bond motifs is 1. The highest BCUT2D eigenvalue weighted by Crippen LogP contribution is 2.32. The van der Waals surface area contributed by atoms with Gasteiger partial charge in [-0.3, -0.25) is 0 Å². The van der Waals surface area contributed by atoms with Crippen LogP contribution in [0.5, 0.6) is 0 Å². The zero-order chi connectivity index (χ0) is 20.2. The fourth-order valence-electron chi connectivity index (χ4n) is 3.79. The second kappa shape index (κ2) is 9.07. The van der Waals surface area contributed by atoms with Crippen molar-refractivity contribution in [3.05, 3.63) is 64.7 Å². The van der Waals surface area contributed by atoms with E-state index < -0.39 is 6.10 Å². The molecule has 0 amide bonds. The minimum atomic E-state index is -0.585. The Labute approximate surface area is 175 Å². The fraction of sp³-hybridized carbons (Fsp3) is 0.409. The van der Waals surface area contributed by atoms with Crippen molar-refractivity contribution in [1.29, 1.82) is 0 Å². The van der Waals surface area contributed by atoms with Crippen LogP contribution in [-0.4, -0.2) is 43.8 Å². The van der Waals surface area contributed by atoms with Crippen molar-refractivity contribution in [1.82, 2.24) is 20.2 Å². The highest BCUT2D eigenvalue weighted by atomic mass is 32.2. The molecule has 0 saturated carbocycles. The van der Waals surface area contributed by atoms with Crippen LogP contribution in [-0.2, 0) is 11.2 Å². The van der Waals surface area contributed by atoms with Gasteiger partial charge in [0.25, 0.3) is 0 Å². The molecule has 7 heteroatoms. The number of thioether (sulfide) groups is 1. The van der Waals surface area contributed by atoms with Gasteiger partial charge in [0.05, 0.1) is 24.5 Å². The number of tetrazole rings is 1. The average Bonchev–Trinajstić information content (AvgIpc) is 3.19. The Balaban J connectivity index is 1.34. The maximum absolute atomic E-state index is 10.5. The van der Waals surface area contributed by atoms with Crippen molar-refractivity contribution in [2.75, 3.05) is 12.4 Å². The largest absolute Gasteiger partial charge is 0.390 e. The standard InChI is InChI=1S/C22H26N4O2S/c1-15-10-11-20(16(2)12-15)26-22(23-24-25-26)29-14-18(27)13-28-21-9-5-7-17-6-3-4-8-19(17)21/h3-4,6,8,10-12,18,21,27H,5,7,9,13-14H2,1-2H3/t18-,21+/m1/s1. The van der Waals surface area contributed by atoms with E-state index in [1.807, 2.05) is 19.1 Å². The summed E-state index contributed by atoms with van der Waals surface area (Å²) in [6.45, 7) is 4.41. The number of hydrogen-bond donors (Lipinski definition) is 1. The summed E-state index contributed by atoms with van der Waals surface area (Å²) in [5, 5.41) is 23.2. The summed E-state index contributed by atoms with van der Waals surface area (Å²) in [7, 11) is 0. The molecular formula is C22H26N4O2S. The van der Waals surface area contributed by atoms with Crippen LogP contribution in [0, 0.1) is 13.8 Å². The Morgan fingerprint density at radius 3 is 2.97 bits per heavy atom. The number of nitrogens with zero attached hydrogens (tertiary/aromatic N) is 4. The van der Waals surface area contributed by atoms with Crippen molar-refractivity contribution in [3.8, 4) is 5.69 Å². The number of aliphatic hydroxyl groups is 1. The zero-order valence-electron chi connectivity index (χ0n) is 16.8. The smallest absolute Gasteiger partial charge is 0.214 e. The molecule has 1 aliphatic carbocycles. The van der Waals surface area contributed by atoms with Gasteiger partial charge in [-0.1, -0.05) is 53.7 Å². The molecule has 1 aliphatic rings. The van der Waals surface area contributed by atoms with E-state index in [4.69, 9.17) is 4.74 Å². The summed E-state index contributed by atoms with van der Waals surface area (Å²) in [4.78, 5) is 0. The Kier molecular flexibility index (Phi) is 6.28. The van der Waals surface area contributed by atoms with Gasteiger partial charge in [-0.05, 0) is 66.3 Å². The topological polar surface area (TPSA) is 73.1 Å². The van der Waals surface area contributed by atoms with Crippen LogP contribution in [0.3, 0.4) is 0 Å². The molecule has 0 aliphatic heterocycles. The second-order valence-electron chi connectivity index (χ2n) is 7.54. The van der Waals surface area contributed by atoms with E-state index in [0.29, 0.717) is 17.5 Å². The lowest BCUT2D eigenvalue weighted by Crippen LogP contribution is -2.22. The normalized spacial score (nSPS) is 17.1. The molecule has 29 heavy (non-hydrogen) atoms. The maximum atomic E-state index is 10.5. The zero-order valence-corrected chi connectivity index (χ0v) is 17.6. The van der Waals surface area contributed by atoms with E-state index in [-0.39, 0.29) is 6.10 Å². The van der Waals surface area contributed by atoms with E-state index in [2.05, 4.69) is 52.8 Å². The SMILES string of the molecule is Cc1ccc(-n2nnnc2SC[C@H](O)CO[C@H]2CCCc3ccccc32)c(C)c1. The Morgan fingerprint density at radius 2 is 2.10 bits per heavy atom. The Morgan fingerprint density at radius 1 is 1.24 bits per heavy atom. The third-order valence-corrected chi connectivity index (χ3v) is 6.29. The van der Waals surface area contributed by atoms with Gasteiger partial charge in [-0.15, -0.1) is 5.10 Å². The molecule has 0 unspecified atom stereocenters. The number of aryl methyl sites for hydroxylation is 3. The molecule has 4 rings (SSSR count). The monoisotopic (exact) mass is 410 g/mol. The fourth-order valence-corrected chi connectivity index (χ4v) is 4.58. The highest BCUT2D eigenvalue weighted by molar-refractivity contribution is 7.99. The highest BCUT2D eigenvalue weighted by Gasteiger charge is 2.21. The molecule has 0 radical (unpaired) electrons. The molecule has 1 heterocycles. The van der Waals surface area contributed by atoms with Gasteiger partial charge < -0.3 is 9.84 Å². The third kappa shape index (κ3) is 4.69. The second-order valence-corrected chi connectivity index (χ2v) is 8.53. The number of benzene rings is 2. The first-order valence-electron chi connectivity index (χ1n) is 9.98. The molecule has 6 nitrogen and oxygen atoms in total. The number of aliphatic hydroxyl groups excluding tert-OH is 1. The Hall–Kier alpha value is -2.22. The number of hydrogen-bond acceptors (Lipinski definition) is 6. The minimum Gasteiger partial charge on any atom is -0.390 e. The van der Waals surface area contributed by atoms with E-state index in [1.165, 1.54) is 28.5 Å². The predicted octanol–water partition coefficient (Wildman–Crippen LogP) is 3.83. The van der Waals surface area contributed by atoms with Crippen molar-refractivity contribution in [2.45, 2.75) is 50.5 Å². The molecule has 0 saturated heterocycles. The summed E-state index contributed by atoms with van der Waals surface area (Å²) in [6, 6.07) is 14.6. The lowest BCUT2D eigenvalue weighted by Gasteiger charge is -2.26. The van der Waals surface area contributed by atoms with Gasteiger partial charge in [0.1, 0.15) is 0 Å². The van der Waals surface area contributed by atoms with Crippen LogP contribution in [0.1, 0.15) is 41.2 Å². The summed E-state index contributed by atoms with van der Waals surface area (Å²) >= 11 is 1.44. The quantitative estimate of drug-likeness (QED) is 0.597. The van der Waals surface area contributed by atoms with Crippen molar-refractivity contribution < 1.29 is 9.84 Å². The van der Waals surface area contributed by atoms with E-state index in [1.54, 1.807) is 4.68 Å². The van der Waals surface area contributed by atoms with Crippen LogP contribution in [0.4, 0.5) is 0 Å². The molecule has 1 aromatic heterocycles. The van der Waals surface area contributed by atoms with E-state index in [0.717, 1.165) is 30.5 Å². The van der Waals surface area contributed by atoms with Crippen molar-refractivity contribution in [2.24, 2.45) is 0 Å². The maximum Gasteiger partial charge on any atom is 0.214 e. The average molecular weight is 411 g/mol. The summed E-state index contributed by atoms with van der Waals surface area (Å²) in [5.41, 5.74) is 5.88. The molecule has 2 aromatic carbocycles. The third-order valence-electron chi connectivity index (χ3n) is 5.23. The molecule has 0 fully saturated rings. The molecule has 0 spiro atoms. The summed E-state index contributed by atoms with van der Waals surface area (Å²) in [5.74, 6) is 0.472. The van der Waals surface area contributed by atoms with Gasteiger partial charge in [-0.2, -0.15) is 4.68 Å². The first-order valence-corrected chi connectivity index (χ1v) is 11.0. The molecule has 1 N–H and O–H groups in total. The van der Waals surface area contributed by atoms with Gasteiger partial charge in [0.15, 0.2) is 0 Å². The first kappa shape index (κ1) is 20.1. The molecule has 3 aromatic rings. The Bertz CT molecular complexity index is 975. The number of rotatable bonds is 7. The number of ether oxygens (including phenoxy) is 1. The van der Waals surface area contributed by atoms with Gasteiger partial charge in [-0.25, -0.2) is 0 Å². The van der Waals surface area contributed by atoms with Crippen LogP contribution in [0.25, 0.3) is 5.69 Å². The van der Waals surface area contributed by atoms with Gasteiger partial charge in [0.2, 0.25) is 5.16 Å². The minimum absolute atomic E-state index is 0.0696. The van der Waals surface area contributed by atoms with E-state index in [9.17, 15) is 5.11 Å². The number of aromatic nitrogens is 4. The lowest BCUT2D eigenvalue weighted by molar-refractivity contribution is -0.00960.